The molecule has 0 aromatic rings. The lowest BCUT2D eigenvalue weighted by atomic mass is 9.96. The Bertz CT molecular complexity index is 861. The van der Waals surface area contributed by atoms with Crippen LogP contribution in [0.1, 0.15) is 53.9 Å². The second kappa shape index (κ2) is 11.7. The van der Waals surface area contributed by atoms with Gasteiger partial charge < -0.3 is 24.8 Å². The van der Waals surface area contributed by atoms with E-state index in [-0.39, 0.29) is 24.2 Å². The largest absolute Gasteiger partial charge is 0.450 e. The van der Waals surface area contributed by atoms with Crippen LogP contribution in [0.5, 0.6) is 0 Å². The van der Waals surface area contributed by atoms with Gasteiger partial charge in [0.25, 0.3) is 5.91 Å². The summed E-state index contributed by atoms with van der Waals surface area (Å²) in [5, 5.41) is 2.82. The molecular weight excluding hydrogens is 452 g/mol. The van der Waals surface area contributed by atoms with Crippen LogP contribution < -0.4 is 5.32 Å². The smallest absolute Gasteiger partial charge is 0.329 e. The molecule has 7 atom stereocenters. The molecule has 0 aromatic heterocycles. The van der Waals surface area contributed by atoms with E-state index < -0.39 is 54.0 Å². The Morgan fingerprint density at radius 1 is 1.03 bits per heavy atom. The zero-order chi connectivity index (χ0) is 26.6. The zero-order valence-corrected chi connectivity index (χ0v) is 21.9. The average Bonchev–Trinajstić information content (AvgIpc) is 3.23. The van der Waals surface area contributed by atoms with Gasteiger partial charge in [-0.3, -0.25) is 19.2 Å². The number of carbonyl (C=O) groups excluding carboxylic acids is 5. The standard InChI is InChI=1S/C25H40N4O6/c1-9-11-18-23(32)28(8)17(6)22(31)27(7)16(5)21(30)26-19(14(3)10-2)24(33)29-13-12-15(4)20(29)25(34)35-18/h9,14-20H,1,10-13H2,2-8H3,(H,26,30)/t14-,15?,16-,17-,18?,19-,20-/m0/s1. The fourth-order valence-electron chi connectivity index (χ4n) is 4.50. The molecule has 196 valence electrons. The summed E-state index contributed by atoms with van der Waals surface area (Å²) in [6, 6.07) is -3.53. The first-order valence-corrected chi connectivity index (χ1v) is 12.3. The van der Waals surface area contributed by atoms with Crippen LogP contribution >= 0.6 is 0 Å². The predicted molar refractivity (Wildman–Crippen MR) is 130 cm³/mol. The van der Waals surface area contributed by atoms with Crippen molar-refractivity contribution in [3.8, 4) is 0 Å². The van der Waals surface area contributed by atoms with Crippen molar-refractivity contribution >= 4 is 29.6 Å². The molecule has 2 aliphatic rings. The summed E-state index contributed by atoms with van der Waals surface area (Å²) in [6.07, 6.45) is 1.57. The molecule has 0 spiro atoms. The van der Waals surface area contributed by atoms with E-state index in [0.29, 0.717) is 19.4 Å². The Hall–Kier alpha value is -2.91. The number of ether oxygens (including phenoxy) is 1. The van der Waals surface area contributed by atoms with Crippen molar-refractivity contribution in [1.29, 1.82) is 0 Å². The molecular formula is C25H40N4O6. The van der Waals surface area contributed by atoms with E-state index in [1.54, 1.807) is 13.8 Å². The van der Waals surface area contributed by atoms with Gasteiger partial charge >= 0.3 is 5.97 Å². The number of carbonyl (C=O) groups is 5. The van der Waals surface area contributed by atoms with Crippen LogP contribution in [-0.4, -0.2) is 95.2 Å². The summed E-state index contributed by atoms with van der Waals surface area (Å²) in [7, 11) is 2.94. The summed E-state index contributed by atoms with van der Waals surface area (Å²) >= 11 is 0. The highest BCUT2D eigenvalue weighted by atomic mass is 16.5. The van der Waals surface area contributed by atoms with Crippen molar-refractivity contribution in [3.05, 3.63) is 12.7 Å². The molecule has 2 aliphatic heterocycles. The monoisotopic (exact) mass is 492 g/mol. The molecule has 1 N–H and O–H groups in total. The normalized spacial score (nSPS) is 32.4. The van der Waals surface area contributed by atoms with Crippen LogP contribution in [0.3, 0.4) is 0 Å². The highest BCUT2D eigenvalue weighted by molar-refractivity contribution is 5.96. The fourth-order valence-corrected chi connectivity index (χ4v) is 4.50. The van der Waals surface area contributed by atoms with Crippen LogP contribution in [0.15, 0.2) is 12.7 Å². The van der Waals surface area contributed by atoms with Crippen LogP contribution in [0.25, 0.3) is 0 Å². The third-order valence-corrected chi connectivity index (χ3v) is 7.51. The van der Waals surface area contributed by atoms with Gasteiger partial charge in [0.05, 0.1) is 0 Å². The number of nitrogens with zero attached hydrogens (tertiary/aromatic N) is 3. The number of esters is 1. The number of nitrogens with one attached hydrogen (secondary N) is 1. The second-order valence-electron chi connectivity index (χ2n) is 9.81. The minimum atomic E-state index is -1.18. The molecule has 0 aliphatic carbocycles. The summed E-state index contributed by atoms with van der Waals surface area (Å²) in [6.45, 7) is 12.8. The third kappa shape index (κ3) is 5.85. The van der Waals surface area contributed by atoms with Gasteiger partial charge in [-0.25, -0.2) is 4.79 Å². The topological polar surface area (TPSA) is 116 Å². The van der Waals surface area contributed by atoms with Crippen LogP contribution in [0.2, 0.25) is 0 Å². The van der Waals surface area contributed by atoms with E-state index in [2.05, 4.69) is 11.9 Å². The predicted octanol–water partition coefficient (Wildman–Crippen LogP) is 0.950. The molecule has 0 aromatic carbocycles. The first-order valence-electron chi connectivity index (χ1n) is 12.3. The molecule has 2 heterocycles. The Morgan fingerprint density at radius 2 is 1.63 bits per heavy atom. The van der Waals surface area contributed by atoms with E-state index in [0.717, 1.165) is 0 Å². The number of fused-ring (bicyclic) bond motifs is 1. The van der Waals surface area contributed by atoms with Crippen LogP contribution in [0, 0.1) is 11.8 Å². The Labute approximate surface area is 208 Å². The van der Waals surface area contributed by atoms with E-state index in [4.69, 9.17) is 4.74 Å². The number of amides is 4. The quantitative estimate of drug-likeness (QED) is 0.461. The maximum absolute atomic E-state index is 13.7. The van der Waals surface area contributed by atoms with Gasteiger partial charge in [-0.1, -0.05) is 33.3 Å². The van der Waals surface area contributed by atoms with Gasteiger partial charge in [0.2, 0.25) is 17.7 Å². The van der Waals surface area contributed by atoms with Gasteiger partial charge in [-0.05, 0) is 32.1 Å². The molecule has 10 nitrogen and oxygen atoms in total. The summed E-state index contributed by atoms with van der Waals surface area (Å²) < 4.78 is 5.65. The number of hydrogen-bond acceptors (Lipinski definition) is 6. The first-order chi connectivity index (χ1) is 16.4. The lowest BCUT2D eigenvalue weighted by molar-refractivity contribution is -0.167. The highest BCUT2D eigenvalue weighted by Crippen LogP contribution is 2.28. The lowest BCUT2D eigenvalue weighted by Crippen LogP contribution is -2.58. The summed E-state index contributed by atoms with van der Waals surface area (Å²) in [5.41, 5.74) is 0. The van der Waals surface area contributed by atoms with Crippen molar-refractivity contribution in [3.63, 3.8) is 0 Å². The van der Waals surface area contributed by atoms with Gasteiger partial charge in [0, 0.05) is 27.1 Å². The molecule has 10 heteroatoms. The minimum absolute atomic E-state index is 0.0622. The first kappa shape index (κ1) is 28.3. The van der Waals surface area contributed by atoms with Crippen molar-refractivity contribution in [2.24, 2.45) is 11.8 Å². The van der Waals surface area contributed by atoms with Gasteiger partial charge in [0.15, 0.2) is 6.10 Å². The van der Waals surface area contributed by atoms with Crippen molar-refractivity contribution < 1.29 is 28.7 Å². The van der Waals surface area contributed by atoms with Crippen molar-refractivity contribution in [2.75, 3.05) is 20.6 Å². The lowest BCUT2D eigenvalue weighted by Gasteiger charge is -2.33. The Kier molecular flexibility index (Phi) is 9.45. The maximum Gasteiger partial charge on any atom is 0.329 e. The second-order valence-corrected chi connectivity index (χ2v) is 9.81. The Morgan fingerprint density at radius 3 is 2.20 bits per heavy atom. The third-order valence-electron chi connectivity index (χ3n) is 7.51. The number of hydrogen-bond donors (Lipinski definition) is 1. The highest BCUT2D eigenvalue weighted by Gasteiger charge is 2.45. The molecule has 2 fully saturated rings. The number of cyclic esters (lactones) is 1. The van der Waals surface area contributed by atoms with Gasteiger partial charge in [0.1, 0.15) is 24.2 Å². The Balaban J connectivity index is 2.57. The van der Waals surface area contributed by atoms with Crippen LogP contribution in [-0.2, 0) is 28.7 Å². The van der Waals surface area contributed by atoms with Gasteiger partial charge in [-0.15, -0.1) is 6.58 Å². The molecule has 4 amide bonds. The average molecular weight is 493 g/mol. The maximum atomic E-state index is 13.7. The number of rotatable bonds is 4. The molecule has 0 radical (unpaired) electrons. The molecule has 2 rings (SSSR count). The summed E-state index contributed by atoms with van der Waals surface area (Å²) in [5.74, 6) is -2.92. The van der Waals surface area contributed by atoms with Crippen molar-refractivity contribution in [2.45, 2.75) is 84.2 Å². The van der Waals surface area contributed by atoms with Gasteiger partial charge in [-0.2, -0.15) is 0 Å². The van der Waals surface area contributed by atoms with E-state index in [1.807, 2.05) is 20.8 Å². The van der Waals surface area contributed by atoms with E-state index in [1.165, 1.54) is 34.9 Å². The van der Waals surface area contributed by atoms with E-state index >= 15 is 0 Å². The molecule has 0 saturated carbocycles. The minimum Gasteiger partial charge on any atom is -0.450 e. The van der Waals surface area contributed by atoms with Crippen LogP contribution in [0.4, 0.5) is 0 Å². The fraction of sp³-hybridized carbons (Fsp3) is 0.720. The van der Waals surface area contributed by atoms with E-state index in [9.17, 15) is 24.0 Å². The molecule has 2 unspecified atom stereocenters. The molecule has 2 saturated heterocycles. The zero-order valence-electron chi connectivity index (χ0n) is 21.9. The van der Waals surface area contributed by atoms with Crippen molar-refractivity contribution in [1.82, 2.24) is 20.0 Å². The SMILES string of the molecule is C=CCC1OC(=O)[C@@H]2C(C)CCN2C(=O)[C@H]([C@@H](C)CC)NC(=O)[C@H](C)N(C)C(=O)[C@H](C)N(C)C1=O. The molecule has 35 heavy (non-hydrogen) atoms. The molecule has 0 bridgehead atoms. The number of likely N-dealkylation sites (N-methyl/N-ethyl adjacent to an activating group) is 2. The summed E-state index contributed by atoms with van der Waals surface area (Å²) in [4.78, 5) is 70.4.